The molecule has 0 saturated carbocycles. The topological polar surface area (TPSA) is 21.3 Å². The minimum absolute atomic E-state index is 0.0452. The molecule has 3 rings (SSSR count). The predicted molar refractivity (Wildman–Crippen MR) is 79.6 cm³/mol. The van der Waals surface area contributed by atoms with Crippen LogP contribution in [0.5, 0.6) is 0 Å². The van der Waals surface area contributed by atoms with Gasteiger partial charge >= 0.3 is 0 Å². The number of benzene rings is 1. The van der Waals surface area contributed by atoms with Crippen LogP contribution in [0.2, 0.25) is 0 Å². The van der Waals surface area contributed by atoms with Gasteiger partial charge in [-0.15, -0.1) is 11.3 Å². The maximum atomic E-state index is 5.50. The van der Waals surface area contributed by atoms with Gasteiger partial charge in [0.1, 0.15) is 0 Å². The molecule has 0 amide bonds. The second-order valence-electron chi connectivity index (χ2n) is 4.51. The zero-order chi connectivity index (χ0) is 12.6. The molecule has 0 unspecified atom stereocenters. The molecule has 2 heterocycles. The van der Waals surface area contributed by atoms with E-state index in [0.717, 1.165) is 18.9 Å². The molecule has 0 bridgehead atoms. The summed E-state index contributed by atoms with van der Waals surface area (Å²) in [5.41, 5.74) is 2.52. The van der Waals surface area contributed by atoms with E-state index < -0.39 is 0 Å². The summed E-state index contributed by atoms with van der Waals surface area (Å²) < 4.78 is 6.68. The third-order valence-electron chi connectivity index (χ3n) is 3.45. The van der Waals surface area contributed by atoms with Gasteiger partial charge in [-0.2, -0.15) is 0 Å². The summed E-state index contributed by atoms with van der Waals surface area (Å²) in [5, 5.41) is 3.20. The summed E-state index contributed by atoms with van der Waals surface area (Å²) in [6.45, 7) is 1.54. The maximum Gasteiger partial charge on any atom is 0.0764 e. The zero-order valence-electron chi connectivity index (χ0n) is 10.1. The van der Waals surface area contributed by atoms with Gasteiger partial charge in [-0.25, -0.2) is 0 Å². The molecule has 4 heteroatoms. The predicted octanol–water partition coefficient (Wildman–Crippen LogP) is 3.87. The van der Waals surface area contributed by atoms with Gasteiger partial charge < -0.3 is 10.1 Å². The highest BCUT2D eigenvalue weighted by Crippen LogP contribution is 2.43. The van der Waals surface area contributed by atoms with E-state index in [4.69, 9.17) is 4.74 Å². The van der Waals surface area contributed by atoms with Crippen molar-refractivity contribution in [2.45, 2.75) is 5.41 Å². The van der Waals surface area contributed by atoms with Crippen LogP contribution in [0.1, 0.15) is 10.4 Å². The molecule has 1 N–H and O–H groups in total. The van der Waals surface area contributed by atoms with Crippen molar-refractivity contribution in [3.05, 3.63) is 50.6 Å². The summed E-state index contributed by atoms with van der Waals surface area (Å²) >= 11 is 5.34. The van der Waals surface area contributed by atoms with E-state index >= 15 is 0 Å². The van der Waals surface area contributed by atoms with Crippen molar-refractivity contribution < 1.29 is 4.74 Å². The smallest absolute Gasteiger partial charge is 0.0764 e. The van der Waals surface area contributed by atoms with E-state index in [1.165, 1.54) is 14.2 Å². The molecule has 1 aromatic heterocycles. The normalized spacial score (nSPS) is 17.2. The molecule has 0 aliphatic carbocycles. The van der Waals surface area contributed by atoms with Crippen molar-refractivity contribution in [1.29, 1.82) is 0 Å². The minimum Gasteiger partial charge on any atom is -0.388 e. The van der Waals surface area contributed by atoms with Crippen molar-refractivity contribution in [1.82, 2.24) is 0 Å². The molecular formula is C14H14BrNOS. The van der Waals surface area contributed by atoms with Gasteiger partial charge in [0.05, 0.1) is 22.4 Å². The molecule has 0 atom stereocenters. The van der Waals surface area contributed by atoms with E-state index in [1.807, 2.05) is 7.05 Å². The van der Waals surface area contributed by atoms with Gasteiger partial charge in [-0.05, 0) is 45.8 Å². The summed E-state index contributed by atoms with van der Waals surface area (Å²) in [5.74, 6) is 0. The molecule has 1 saturated heterocycles. The van der Waals surface area contributed by atoms with Crippen LogP contribution in [0.15, 0.2) is 40.2 Å². The Labute approximate surface area is 119 Å². The van der Waals surface area contributed by atoms with E-state index in [1.54, 1.807) is 11.3 Å². The molecule has 2 aromatic rings. The van der Waals surface area contributed by atoms with Crippen molar-refractivity contribution >= 4 is 33.0 Å². The molecule has 2 nitrogen and oxygen atoms in total. The molecule has 1 aliphatic rings. The quantitative estimate of drug-likeness (QED) is 0.925. The van der Waals surface area contributed by atoms with E-state index in [9.17, 15) is 0 Å². The van der Waals surface area contributed by atoms with Crippen molar-refractivity contribution in [2.75, 3.05) is 25.6 Å². The Hall–Kier alpha value is -0.840. The minimum atomic E-state index is 0.0452. The first-order chi connectivity index (χ1) is 8.74. The van der Waals surface area contributed by atoms with Crippen LogP contribution in [0.4, 0.5) is 5.69 Å². The lowest BCUT2D eigenvalue weighted by Crippen LogP contribution is -2.47. The Morgan fingerprint density at radius 3 is 2.67 bits per heavy atom. The van der Waals surface area contributed by atoms with Gasteiger partial charge in [0, 0.05) is 17.6 Å². The number of ether oxygens (including phenoxy) is 1. The monoisotopic (exact) mass is 323 g/mol. The average Bonchev–Trinajstić information content (AvgIpc) is 2.75. The van der Waals surface area contributed by atoms with E-state index in [0.29, 0.717) is 0 Å². The van der Waals surface area contributed by atoms with Crippen LogP contribution in [0, 0.1) is 0 Å². The molecule has 1 aromatic carbocycles. The second kappa shape index (κ2) is 4.68. The lowest BCUT2D eigenvalue weighted by atomic mass is 9.77. The van der Waals surface area contributed by atoms with Gasteiger partial charge in [0.15, 0.2) is 0 Å². The van der Waals surface area contributed by atoms with Gasteiger partial charge in [-0.3, -0.25) is 0 Å². The maximum absolute atomic E-state index is 5.50. The Morgan fingerprint density at radius 1 is 1.28 bits per heavy atom. The van der Waals surface area contributed by atoms with E-state index in [-0.39, 0.29) is 5.41 Å². The number of anilines is 1. The summed E-state index contributed by atoms with van der Waals surface area (Å²) in [6, 6.07) is 12.9. The first-order valence-corrected chi connectivity index (χ1v) is 7.47. The van der Waals surface area contributed by atoms with Crippen molar-refractivity contribution in [2.24, 2.45) is 0 Å². The Bertz CT molecular complexity index is 562. The summed E-state index contributed by atoms with van der Waals surface area (Å²) in [6.07, 6.45) is 0. The lowest BCUT2D eigenvalue weighted by molar-refractivity contribution is -0.0362. The fraction of sp³-hybridized carbons (Fsp3) is 0.286. The van der Waals surface area contributed by atoms with Crippen LogP contribution >= 0.6 is 27.3 Å². The fourth-order valence-electron chi connectivity index (χ4n) is 2.30. The van der Waals surface area contributed by atoms with Gasteiger partial charge in [0.25, 0.3) is 0 Å². The van der Waals surface area contributed by atoms with Gasteiger partial charge in [0.2, 0.25) is 0 Å². The molecule has 1 aliphatic heterocycles. The number of halogens is 1. The van der Waals surface area contributed by atoms with Crippen LogP contribution < -0.4 is 5.32 Å². The van der Waals surface area contributed by atoms with Crippen LogP contribution in [0.25, 0.3) is 0 Å². The van der Waals surface area contributed by atoms with Crippen LogP contribution in [0.3, 0.4) is 0 Å². The second-order valence-corrected chi connectivity index (χ2v) is 6.97. The van der Waals surface area contributed by atoms with Gasteiger partial charge in [-0.1, -0.05) is 12.1 Å². The highest BCUT2D eigenvalue weighted by Gasteiger charge is 2.43. The standard InChI is InChI=1S/C14H14BrNOS/c1-16-11-4-2-3-10(7-11)14(8-17-9-14)12-5-6-13(15)18-12/h2-7,16H,8-9H2,1H3. The Kier molecular flexibility index (Phi) is 3.18. The van der Waals surface area contributed by atoms with Crippen molar-refractivity contribution in [3.63, 3.8) is 0 Å². The van der Waals surface area contributed by atoms with Crippen LogP contribution in [-0.2, 0) is 10.2 Å². The highest BCUT2D eigenvalue weighted by molar-refractivity contribution is 9.11. The summed E-state index contributed by atoms with van der Waals surface area (Å²) in [7, 11) is 1.95. The third-order valence-corrected chi connectivity index (χ3v) is 5.27. The SMILES string of the molecule is CNc1cccc(C2(c3ccc(Br)s3)COC2)c1. The lowest BCUT2D eigenvalue weighted by Gasteiger charge is -2.41. The molecule has 0 spiro atoms. The molecule has 94 valence electrons. The first kappa shape index (κ1) is 12.2. The number of hydrogen-bond acceptors (Lipinski definition) is 3. The third kappa shape index (κ3) is 1.88. The molecule has 1 fully saturated rings. The highest BCUT2D eigenvalue weighted by atomic mass is 79.9. The van der Waals surface area contributed by atoms with E-state index in [2.05, 4.69) is 57.6 Å². The number of thiophene rings is 1. The summed E-state index contributed by atoms with van der Waals surface area (Å²) in [4.78, 5) is 1.37. The Morgan fingerprint density at radius 2 is 2.11 bits per heavy atom. The first-order valence-electron chi connectivity index (χ1n) is 5.86. The number of rotatable bonds is 3. The average molecular weight is 324 g/mol. The largest absolute Gasteiger partial charge is 0.388 e. The molecule has 18 heavy (non-hydrogen) atoms. The Balaban J connectivity index is 2.05. The number of hydrogen-bond donors (Lipinski definition) is 1. The fourth-order valence-corrected chi connectivity index (χ4v) is 3.87. The van der Waals surface area contributed by atoms with Crippen LogP contribution in [-0.4, -0.2) is 20.3 Å². The molecular weight excluding hydrogens is 310 g/mol. The molecule has 0 radical (unpaired) electrons. The van der Waals surface area contributed by atoms with Crippen molar-refractivity contribution in [3.8, 4) is 0 Å². The number of nitrogens with one attached hydrogen (secondary N) is 1. The zero-order valence-corrected chi connectivity index (χ0v) is 12.5.